The Labute approximate surface area is 152 Å². The number of halogens is 1. The first-order valence-electron chi connectivity index (χ1n) is 8.82. The Morgan fingerprint density at radius 1 is 1.35 bits per heavy atom. The van der Waals surface area contributed by atoms with Crippen molar-refractivity contribution >= 4 is 24.3 Å². The Balaban J connectivity index is 2.23. The topological polar surface area (TPSA) is 86.9 Å². The molecule has 0 spiro atoms. The number of aryl methyl sites for hydroxylation is 1. The SMILES string of the molecule is CC1C=c2nc(CCCCC(=O)O)c(C/C=C\C(F)=C/C=N)nc2=CC1. The number of carbonyl (C=O) groups is 1. The summed E-state index contributed by atoms with van der Waals surface area (Å²) in [6.07, 6.45) is 12.6. The van der Waals surface area contributed by atoms with Crippen molar-refractivity contribution in [3.8, 4) is 0 Å². The Hall–Kier alpha value is -2.63. The molecule has 138 valence electrons. The number of hydrogen-bond donors (Lipinski definition) is 2. The van der Waals surface area contributed by atoms with Gasteiger partial charge in [-0.2, -0.15) is 0 Å². The summed E-state index contributed by atoms with van der Waals surface area (Å²) < 4.78 is 13.4. The predicted octanol–water partition coefficient (Wildman–Crippen LogP) is 2.48. The third kappa shape index (κ3) is 6.02. The van der Waals surface area contributed by atoms with E-state index in [1.807, 2.05) is 0 Å². The van der Waals surface area contributed by atoms with E-state index in [4.69, 9.17) is 20.5 Å². The maximum absolute atomic E-state index is 13.4. The van der Waals surface area contributed by atoms with Crippen LogP contribution in [0.3, 0.4) is 0 Å². The van der Waals surface area contributed by atoms with E-state index in [1.54, 1.807) is 6.08 Å². The van der Waals surface area contributed by atoms with Crippen LogP contribution in [-0.4, -0.2) is 27.3 Å². The first-order valence-corrected chi connectivity index (χ1v) is 8.82. The van der Waals surface area contributed by atoms with Crippen LogP contribution >= 0.6 is 0 Å². The van der Waals surface area contributed by atoms with E-state index in [2.05, 4.69) is 19.1 Å². The fourth-order valence-electron chi connectivity index (χ4n) is 2.79. The molecule has 1 aromatic heterocycles. The Bertz CT molecular complexity index is 843. The normalized spacial score (nSPS) is 16.7. The highest BCUT2D eigenvalue weighted by Gasteiger charge is 2.10. The second kappa shape index (κ2) is 9.75. The summed E-state index contributed by atoms with van der Waals surface area (Å²) in [6.45, 7) is 2.13. The summed E-state index contributed by atoms with van der Waals surface area (Å²) in [5.41, 5.74) is 1.63. The number of carboxylic acids is 1. The van der Waals surface area contributed by atoms with Crippen LogP contribution in [0.15, 0.2) is 24.1 Å². The summed E-state index contributed by atoms with van der Waals surface area (Å²) in [5.74, 6) is -0.861. The van der Waals surface area contributed by atoms with Gasteiger partial charge in [-0.3, -0.25) is 4.79 Å². The van der Waals surface area contributed by atoms with Gasteiger partial charge in [0, 0.05) is 19.1 Å². The number of hydrogen-bond acceptors (Lipinski definition) is 4. The van der Waals surface area contributed by atoms with Gasteiger partial charge in [0.15, 0.2) is 0 Å². The number of carboxylic acid groups (broad SMARTS) is 1. The van der Waals surface area contributed by atoms with Crippen molar-refractivity contribution in [3.05, 3.63) is 46.1 Å². The van der Waals surface area contributed by atoms with Gasteiger partial charge in [0.2, 0.25) is 0 Å². The number of nitrogens with one attached hydrogen (secondary N) is 1. The molecule has 0 aliphatic heterocycles. The van der Waals surface area contributed by atoms with Crippen LogP contribution in [0.5, 0.6) is 0 Å². The lowest BCUT2D eigenvalue weighted by atomic mass is 10.0. The van der Waals surface area contributed by atoms with Gasteiger partial charge in [0.1, 0.15) is 5.83 Å². The van der Waals surface area contributed by atoms with Crippen molar-refractivity contribution < 1.29 is 14.3 Å². The van der Waals surface area contributed by atoms with Crippen LogP contribution in [0.2, 0.25) is 0 Å². The van der Waals surface area contributed by atoms with Gasteiger partial charge in [-0.05, 0) is 43.8 Å². The minimum absolute atomic E-state index is 0.143. The minimum Gasteiger partial charge on any atom is -0.481 e. The van der Waals surface area contributed by atoms with Crippen LogP contribution < -0.4 is 10.7 Å². The zero-order chi connectivity index (χ0) is 18.9. The molecule has 6 heteroatoms. The molecule has 26 heavy (non-hydrogen) atoms. The standard InChI is InChI=1S/C20H24FN3O2/c1-14-9-10-18-19(13-14)24-16(6-2-3-8-20(25)26)17(23-18)7-4-5-15(21)11-12-22/h4-5,10-14,22H,2-3,6-9H2,1H3,(H,25,26)/b5-4-,15-11+,22-12?. The highest BCUT2D eigenvalue weighted by Crippen LogP contribution is 2.10. The lowest BCUT2D eigenvalue weighted by Gasteiger charge is -2.11. The van der Waals surface area contributed by atoms with Crippen LogP contribution in [0.25, 0.3) is 12.2 Å². The number of allylic oxidation sites excluding steroid dienone is 4. The zero-order valence-corrected chi connectivity index (χ0v) is 14.9. The minimum atomic E-state index is -0.796. The van der Waals surface area contributed by atoms with E-state index in [9.17, 15) is 9.18 Å². The van der Waals surface area contributed by atoms with Crippen molar-refractivity contribution in [3.63, 3.8) is 0 Å². The Kier molecular flexibility index (Phi) is 7.38. The van der Waals surface area contributed by atoms with Gasteiger partial charge in [-0.25, -0.2) is 14.4 Å². The molecule has 2 N–H and O–H groups in total. The molecule has 0 aromatic carbocycles. The maximum Gasteiger partial charge on any atom is 0.303 e. The molecule has 1 heterocycles. The zero-order valence-electron chi connectivity index (χ0n) is 14.9. The molecule has 1 aromatic rings. The third-order valence-electron chi connectivity index (χ3n) is 4.12. The van der Waals surface area contributed by atoms with Crippen molar-refractivity contribution in [2.24, 2.45) is 5.92 Å². The molecule has 5 nitrogen and oxygen atoms in total. The van der Waals surface area contributed by atoms with Gasteiger partial charge < -0.3 is 10.5 Å². The lowest BCUT2D eigenvalue weighted by Crippen LogP contribution is -2.37. The number of fused-ring (bicyclic) bond motifs is 1. The second-order valence-corrected chi connectivity index (χ2v) is 6.40. The number of nitrogens with zero attached hydrogens (tertiary/aromatic N) is 2. The summed E-state index contributed by atoms with van der Waals surface area (Å²) in [5, 5.41) is 17.4. The van der Waals surface area contributed by atoms with Crippen LogP contribution in [0, 0.1) is 11.3 Å². The summed E-state index contributed by atoms with van der Waals surface area (Å²) in [4.78, 5) is 20.1. The average molecular weight is 357 g/mol. The van der Waals surface area contributed by atoms with Crippen molar-refractivity contribution in [2.75, 3.05) is 0 Å². The Morgan fingerprint density at radius 3 is 2.85 bits per heavy atom. The van der Waals surface area contributed by atoms with Crippen LogP contribution in [0.4, 0.5) is 4.39 Å². The number of aliphatic carboxylic acids is 1. The van der Waals surface area contributed by atoms with E-state index < -0.39 is 11.8 Å². The molecule has 0 saturated heterocycles. The predicted molar refractivity (Wildman–Crippen MR) is 100 cm³/mol. The fourth-order valence-corrected chi connectivity index (χ4v) is 2.79. The quantitative estimate of drug-likeness (QED) is 0.404. The molecule has 2 rings (SSSR count). The largest absolute Gasteiger partial charge is 0.481 e. The van der Waals surface area contributed by atoms with E-state index in [0.29, 0.717) is 25.2 Å². The van der Waals surface area contributed by atoms with Gasteiger partial charge in [-0.15, -0.1) is 0 Å². The van der Waals surface area contributed by atoms with Gasteiger partial charge in [0.25, 0.3) is 0 Å². The van der Waals surface area contributed by atoms with Gasteiger partial charge >= 0.3 is 5.97 Å². The van der Waals surface area contributed by atoms with Gasteiger partial charge in [-0.1, -0.05) is 25.2 Å². The van der Waals surface area contributed by atoms with Crippen LogP contribution in [0.1, 0.15) is 44.0 Å². The van der Waals surface area contributed by atoms with E-state index in [0.717, 1.165) is 47.2 Å². The van der Waals surface area contributed by atoms with E-state index in [-0.39, 0.29) is 6.42 Å². The monoisotopic (exact) mass is 357 g/mol. The molecule has 0 fully saturated rings. The van der Waals surface area contributed by atoms with Crippen molar-refractivity contribution in [1.82, 2.24) is 9.97 Å². The van der Waals surface area contributed by atoms with Crippen molar-refractivity contribution in [2.45, 2.75) is 45.4 Å². The summed E-state index contributed by atoms with van der Waals surface area (Å²) >= 11 is 0. The summed E-state index contributed by atoms with van der Waals surface area (Å²) in [6, 6.07) is 0. The second-order valence-electron chi connectivity index (χ2n) is 6.40. The lowest BCUT2D eigenvalue weighted by molar-refractivity contribution is -0.137. The van der Waals surface area contributed by atoms with E-state index >= 15 is 0 Å². The molecule has 0 amide bonds. The third-order valence-corrected chi connectivity index (χ3v) is 4.12. The number of rotatable bonds is 9. The smallest absolute Gasteiger partial charge is 0.303 e. The molecule has 0 bridgehead atoms. The first-order chi connectivity index (χ1) is 12.5. The molecule has 1 aliphatic rings. The molecular formula is C20H24FN3O2. The first kappa shape index (κ1) is 19.7. The fraction of sp³-hybridized carbons (Fsp3) is 0.400. The van der Waals surface area contributed by atoms with E-state index in [1.165, 1.54) is 6.08 Å². The Morgan fingerprint density at radius 2 is 2.12 bits per heavy atom. The van der Waals surface area contributed by atoms with Gasteiger partial charge in [0.05, 0.1) is 22.1 Å². The number of aromatic nitrogens is 2. The average Bonchev–Trinajstić information content (AvgIpc) is 2.59. The number of unbranched alkanes of at least 4 members (excludes halogenated alkanes) is 1. The molecule has 1 atom stereocenters. The van der Waals surface area contributed by atoms with Crippen molar-refractivity contribution in [1.29, 1.82) is 5.41 Å². The molecule has 0 saturated carbocycles. The maximum atomic E-state index is 13.4. The highest BCUT2D eigenvalue weighted by molar-refractivity contribution is 5.69. The molecule has 1 aliphatic carbocycles. The molecule has 0 radical (unpaired) electrons. The highest BCUT2D eigenvalue weighted by atomic mass is 19.1. The summed E-state index contributed by atoms with van der Waals surface area (Å²) in [7, 11) is 0. The van der Waals surface area contributed by atoms with Crippen LogP contribution in [-0.2, 0) is 17.6 Å². The molecule has 1 unspecified atom stereocenters. The molecular weight excluding hydrogens is 333 g/mol.